The van der Waals surface area contributed by atoms with E-state index in [2.05, 4.69) is 4.98 Å². The molecule has 1 amide bonds. The molecule has 1 heterocycles. The number of carbonyl (C=O) groups excluding carboxylic acids is 1. The maximum atomic E-state index is 13.2. The molecule has 32 heavy (non-hydrogen) atoms. The van der Waals surface area contributed by atoms with Crippen molar-refractivity contribution < 1.29 is 22.7 Å². The normalized spacial score (nSPS) is 11.6. The van der Waals surface area contributed by atoms with Crippen LogP contribution in [0.3, 0.4) is 0 Å². The number of hydrogen-bond donors (Lipinski definition) is 0. The van der Waals surface area contributed by atoms with Gasteiger partial charge in [-0.15, -0.1) is 11.3 Å². The quantitative estimate of drug-likeness (QED) is 0.451. The minimum atomic E-state index is -4.43. The largest absolute Gasteiger partial charge is 0.487 e. The molecule has 0 aliphatic heterocycles. The molecule has 0 unspecified atom stereocenters. The Labute approximate surface area is 189 Å². The van der Waals surface area contributed by atoms with E-state index in [1.165, 1.54) is 17.4 Å². The third kappa shape index (κ3) is 6.80. The smallest absolute Gasteiger partial charge is 0.416 e. The van der Waals surface area contributed by atoms with Crippen LogP contribution < -0.4 is 4.74 Å². The molecule has 170 valence electrons. The molecule has 0 saturated heterocycles. The molecule has 0 fully saturated rings. The number of ether oxygens (including phenoxy) is 1. The van der Waals surface area contributed by atoms with Gasteiger partial charge in [0.25, 0.3) is 5.91 Å². The third-order valence-electron chi connectivity index (χ3n) is 4.68. The Kier molecular flexibility index (Phi) is 7.87. The lowest BCUT2D eigenvalue weighted by atomic mass is 10.1. The van der Waals surface area contributed by atoms with Crippen molar-refractivity contribution in [1.29, 1.82) is 0 Å². The molecule has 3 aromatic rings. The topological polar surface area (TPSA) is 45.7 Å². The third-order valence-corrected chi connectivity index (χ3v) is 5.32. The summed E-state index contributed by atoms with van der Waals surface area (Å²) < 4.78 is 45.0. The number of hydrogen-bond acceptors (Lipinski definition) is 5. The van der Waals surface area contributed by atoms with Crippen LogP contribution in [0, 0.1) is 0 Å². The Balaban J connectivity index is 1.77. The second kappa shape index (κ2) is 10.6. The van der Waals surface area contributed by atoms with E-state index >= 15 is 0 Å². The predicted octanol–water partition coefficient (Wildman–Crippen LogP) is 4.94. The zero-order chi connectivity index (χ0) is 23.1. The van der Waals surface area contributed by atoms with Gasteiger partial charge in [0.05, 0.1) is 16.8 Å². The highest BCUT2D eigenvalue weighted by Crippen LogP contribution is 2.30. The van der Waals surface area contributed by atoms with Crippen LogP contribution in [0.5, 0.6) is 5.75 Å². The van der Waals surface area contributed by atoms with Crippen LogP contribution in [-0.2, 0) is 19.3 Å². The molecular formula is C23H24F3N3O2S. The SMILES string of the molecule is CN(C)CCN(Cc1cccc(C(F)(F)F)c1)C(=O)c1cccc(OCc2cscn2)c1. The summed E-state index contributed by atoms with van der Waals surface area (Å²) in [5, 5.41) is 1.88. The van der Waals surface area contributed by atoms with E-state index < -0.39 is 11.7 Å². The molecule has 0 N–H and O–H groups in total. The summed E-state index contributed by atoms with van der Waals surface area (Å²) >= 11 is 1.47. The average molecular weight is 464 g/mol. The second-order valence-electron chi connectivity index (χ2n) is 7.52. The number of thiazole rings is 1. The first kappa shape index (κ1) is 23.7. The Morgan fingerprint density at radius 2 is 1.88 bits per heavy atom. The van der Waals surface area contributed by atoms with Crippen LogP contribution in [0.4, 0.5) is 13.2 Å². The number of carbonyl (C=O) groups is 1. The van der Waals surface area contributed by atoms with Gasteiger partial charge in [-0.2, -0.15) is 13.2 Å². The maximum Gasteiger partial charge on any atom is 0.416 e. The number of likely N-dealkylation sites (N-methyl/N-ethyl adjacent to an activating group) is 1. The van der Waals surface area contributed by atoms with Crippen molar-refractivity contribution in [2.45, 2.75) is 19.3 Å². The van der Waals surface area contributed by atoms with Crippen LogP contribution in [-0.4, -0.2) is 47.9 Å². The molecule has 0 saturated carbocycles. The van der Waals surface area contributed by atoms with Crippen LogP contribution in [0.1, 0.15) is 27.2 Å². The predicted molar refractivity (Wildman–Crippen MR) is 118 cm³/mol. The van der Waals surface area contributed by atoms with Crippen molar-refractivity contribution in [2.75, 3.05) is 27.2 Å². The summed E-state index contributed by atoms with van der Waals surface area (Å²) in [6.07, 6.45) is -4.43. The summed E-state index contributed by atoms with van der Waals surface area (Å²) in [5.41, 5.74) is 2.61. The molecule has 0 atom stereocenters. The van der Waals surface area contributed by atoms with Gasteiger partial charge in [-0.25, -0.2) is 4.98 Å². The van der Waals surface area contributed by atoms with Gasteiger partial charge >= 0.3 is 6.18 Å². The second-order valence-corrected chi connectivity index (χ2v) is 8.24. The Hall–Kier alpha value is -2.91. The molecule has 0 radical (unpaired) electrons. The molecule has 1 aromatic heterocycles. The van der Waals surface area contributed by atoms with Gasteiger partial charge in [0.1, 0.15) is 12.4 Å². The lowest BCUT2D eigenvalue weighted by Gasteiger charge is -2.25. The first-order valence-electron chi connectivity index (χ1n) is 9.92. The highest BCUT2D eigenvalue weighted by atomic mass is 32.1. The van der Waals surface area contributed by atoms with Crippen LogP contribution in [0.25, 0.3) is 0 Å². The van der Waals surface area contributed by atoms with Crippen molar-refractivity contribution in [3.05, 3.63) is 81.8 Å². The van der Waals surface area contributed by atoms with Gasteiger partial charge in [0, 0.05) is 30.6 Å². The van der Waals surface area contributed by atoms with Crippen molar-refractivity contribution in [3.63, 3.8) is 0 Å². The Bertz CT molecular complexity index is 1020. The number of halogens is 3. The Morgan fingerprint density at radius 1 is 1.09 bits per heavy atom. The average Bonchev–Trinajstić information content (AvgIpc) is 3.28. The molecular weight excluding hydrogens is 439 g/mol. The standard InChI is InChI=1S/C23H24F3N3O2S/c1-28(2)9-10-29(13-17-5-3-7-19(11-17)23(24,25)26)22(30)18-6-4-8-21(12-18)31-14-20-15-32-16-27-20/h3-8,11-12,15-16H,9-10,13-14H2,1-2H3. The highest BCUT2D eigenvalue weighted by Gasteiger charge is 2.30. The van der Waals surface area contributed by atoms with E-state index in [0.717, 1.165) is 17.8 Å². The zero-order valence-electron chi connectivity index (χ0n) is 17.8. The summed E-state index contributed by atoms with van der Waals surface area (Å²) in [7, 11) is 3.75. The van der Waals surface area contributed by atoms with Gasteiger partial charge in [-0.1, -0.05) is 18.2 Å². The van der Waals surface area contributed by atoms with Crippen molar-refractivity contribution in [2.24, 2.45) is 0 Å². The number of nitrogens with zero attached hydrogens (tertiary/aromatic N) is 3. The van der Waals surface area contributed by atoms with Gasteiger partial charge in [-0.3, -0.25) is 4.79 Å². The number of benzene rings is 2. The Morgan fingerprint density at radius 3 is 2.56 bits per heavy atom. The van der Waals surface area contributed by atoms with E-state index in [0.29, 0.717) is 30.0 Å². The first-order chi connectivity index (χ1) is 15.2. The molecule has 3 rings (SSSR count). The van der Waals surface area contributed by atoms with E-state index in [1.54, 1.807) is 40.7 Å². The van der Waals surface area contributed by atoms with Crippen molar-refractivity contribution in [3.8, 4) is 5.75 Å². The fourth-order valence-corrected chi connectivity index (χ4v) is 3.55. The van der Waals surface area contributed by atoms with Crippen LogP contribution in [0.15, 0.2) is 59.4 Å². The first-order valence-corrected chi connectivity index (χ1v) is 10.9. The fourth-order valence-electron chi connectivity index (χ4n) is 3.01. The fraction of sp³-hybridized carbons (Fsp3) is 0.304. The zero-order valence-corrected chi connectivity index (χ0v) is 18.6. The van der Waals surface area contributed by atoms with Gasteiger partial charge in [-0.05, 0) is 50.0 Å². The molecule has 0 spiro atoms. The highest BCUT2D eigenvalue weighted by molar-refractivity contribution is 7.07. The van der Waals surface area contributed by atoms with E-state index in [1.807, 2.05) is 24.4 Å². The lowest BCUT2D eigenvalue weighted by molar-refractivity contribution is -0.137. The van der Waals surface area contributed by atoms with Crippen molar-refractivity contribution >= 4 is 17.2 Å². The maximum absolute atomic E-state index is 13.2. The van der Waals surface area contributed by atoms with E-state index in [4.69, 9.17) is 4.74 Å². The molecule has 0 bridgehead atoms. The number of alkyl halides is 3. The molecule has 0 aliphatic carbocycles. The minimum absolute atomic E-state index is 0.0699. The summed E-state index contributed by atoms with van der Waals surface area (Å²) in [6, 6.07) is 11.9. The monoisotopic (exact) mass is 463 g/mol. The van der Waals surface area contributed by atoms with Gasteiger partial charge < -0.3 is 14.5 Å². The molecule has 5 nitrogen and oxygen atoms in total. The molecule has 2 aromatic carbocycles. The van der Waals surface area contributed by atoms with Crippen LogP contribution in [0.2, 0.25) is 0 Å². The van der Waals surface area contributed by atoms with Gasteiger partial charge in [0.15, 0.2) is 0 Å². The van der Waals surface area contributed by atoms with Crippen molar-refractivity contribution in [1.82, 2.24) is 14.8 Å². The number of amides is 1. The van der Waals surface area contributed by atoms with E-state index in [-0.39, 0.29) is 19.1 Å². The lowest BCUT2D eigenvalue weighted by Crippen LogP contribution is -2.36. The van der Waals surface area contributed by atoms with E-state index in [9.17, 15) is 18.0 Å². The molecule has 0 aliphatic rings. The number of aromatic nitrogens is 1. The summed E-state index contributed by atoms with van der Waals surface area (Å²) in [5.74, 6) is 0.249. The molecule has 9 heteroatoms. The summed E-state index contributed by atoms with van der Waals surface area (Å²) in [6.45, 7) is 1.30. The van der Waals surface area contributed by atoms with Gasteiger partial charge in [0.2, 0.25) is 0 Å². The number of rotatable bonds is 9. The summed E-state index contributed by atoms with van der Waals surface area (Å²) in [4.78, 5) is 20.9. The van der Waals surface area contributed by atoms with Crippen LogP contribution >= 0.6 is 11.3 Å². The minimum Gasteiger partial charge on any atom is -0.487 e.